The van der Waals surface area contributed by atoms with Crippen molar-refractivity contribution in [1.82, 2.24) is 5.32 Å². The van der Waals surface area contributed by atoms with Crippen LogP contribution in [0.4, 0.5) is 0 Å². The maximum absolute atomic E-state index is 9.57. The van der Waals surface area contributed by atoms with Crippen LogP contribution in [0.1, 0.15) is 19.4 Å². The molecule has 0 aliphatic rings. The minimum absolute atomic E-state index is 0.200. The van der Waals surface area contributed by atoms with Crippen molar-refractivity contribution in [2.75, 3.05) is 6.54 Å². The molecule has 1 aromatic rings. The minimum atomic E-state index is -0.370. The summed E-state index contributed by atoms with van der Waals surface area (Å²) in [5, 5.41) is 21.7. The lowest BCUT2D eigenvalue weighted by Crippen LogP contribution is -2.27. The standard InChI is InChI=1S/C12H14Br2N2O/c1-12(2,6-15)7-16-5-8-3-9(13)11(17)10(14)4-8/h3-4,16-17H,5,7H2,1-2H3. The summed E-state index contributed by atoms with van der Waals surface area (Å²) in [7, 11) is 0. The number of hydrogen-bond acceptors (Lipinski definition) is 3. The Morgan fingerprint density at radius 2 is 1.88 bits per heavy atom. The highest BCUT2D eigenvalue weighted by Crippen LogP contribution is 2.33. The van der Waals surface area contributed by atoms with Gasteiger partial charge < -0.3 is 10.4 Å². The van der Waals surface area contributed by atoms with E-state index in [9.17, 15) is 5.11 Å². The molecule has 0 aliphatic carbocycles. The normalized spacial score (nSPS) is 11.2. The molecule has 0 bridgehead atoms. The van der Waals surface area contributed by atoms with E-state index in [1.54, 1.807) is 0 Å². The molecule has 0 aliphatic heterocycles. The fourth-order valence-electron chi connectivity index (χ4n) is 1.28. The van der Waals surface area contributed by atoms with Crippen LogP contribution in [-0.4, -0.2) is 11.7 Å². The van der Waals surface area contributed by atoms with Gasteiger partial charge in [0.15, 0.2) is 0 Å². The van der Waals surface area contributed by atoms with Gasteiger partial charge in [-0.25, -0.2) is 0 Å². The largest absolute Gasteiger partial charge is 0.506 e. The molecule has 0 aromatic heterocycles. The third-order valence-electron chi connectivity index (χ3n) is 2.28. The molecule has 0 spiro atoms. The van der Waals surface area contributed by atoms with Gasteiger partial charge in [-0.1, -0.05) is 0 Å². The fraction of sp³-hybridized carbons (Fsp3) is 0.417. The van der Waals surface area contributed by atoms with Gasteiger partial charge in [0.2, 0.25) is 0 Å². The summed E-state index contributed by atoms with van der Waals surface area (Å²) in [6.45, 7) is 5.06. The molecule has 0 unspecified atom stereocenters. The quantitative estimate of drug-likeness (QED) is 0.862. The Bertz CT molecular complexity index is 429. The number of halogens is 2. The predicted molar refractivity (Wildman–Crippen MR) is 74.6 cm³/mol. The Morgan fingerprint density at radius 3 is 2.35 bits per heavy atom. The number of phenolic OH excluding ortho intramolecular Hbond substituents is 1. The zero-order valence-electron chi connectivity index (χ0n) is 9.72. The van der Waals surface area contributed by atoms with Crippen molar-refractivity contribution in [3.63, 3.8) is 0 Å². The smallest absolute Gasteiger partial charge is 0.143 e. The Labute approximate surface area is 118 Å². The molecular weight excluding hydrogens is 348 g/mol. The van der Waals surface area contributed by atoms with E-state index in [4.69, 9.17) is 5.26 Å². The van der Waals surface area contributed by atoms with Crippen molar-refractivity contribution in [2.24, 2.45) is 5.41 Å². The van der Waals surface area contributed by atoms with Crippen molar-refractivity contribution in [1.29, 1.82) is 5.26 Å². The highest BCUT2D eigenvalue weighted by molar-refractivity contribution is 9.11. The first-order chi connectivity index (χ1) is 7.85. The van der Waals surface area contributed by atoms with E-state index >= 15 is 0 Å². The number of benzene rings is 1. The average Bonchev–Trinajstić information content (AvgIpc) is 2.25. The number of nitrogens with zero attached hydrogens (tertiary/aromatic N) is 1. The molecule has 0 radical (unpaired) electrons. The Balaban J connectivity index is 2.63. The topological polar surface area (TPSA) is 56.0 Å². The summed E-state index contributed by atoms with van der Waals surface area (Å²) in [5.74, 6) is 0.200. The number of aromatic hydroxyl groups is 1. The SMILES string of the molecule is CC(C)(C#N)CNCc1cc(Br)c(O)c(Br)c1. The molecule has 0 heterocycles. The summed E-state index contributed by atoms with van der Waals surface area (Å²) in [6.07, 6.45) is 0. The van der Waals surface area contributed by atoms with Gasteiger partial charge in [-0.3, -0.25) is 0 Å². The number of hydrogen-bond donors (Lipinski definition) is 2. The molecule has 5 heteroatoms. The summed E-state index contributed by atoms with van der Waals surface area (Å²) >= 11 is 6.56. The van der Waals surface area contributed by atoms with Crippen molar-refractivity contribution in [3.8, 4) is 11.8 Å². The van der Waals surface area contributed by atoms with Crippen molar-refractivity contribution in [3.05, 3.63) is 26.6 Å². The number of rotatable bonds is 4. The predicted octanol–water partition coefficient (Wildman–Crippen LogP) is 3.56. The van der Waals surface area contributed by atoms with E-state index < -0.39 is 0 Å². The first-order valence-corrected chi connectivity index (χ1v) is 6.73. The van der Waals surface area contributed by atoms with Gasteiger partial charge in [0.05, 0.1) is 20.4 Å². The lowest BCUT2D eigenvalue weighted by Gasteiger charge is -2.16. The number of nitriles is 1. The van der Waals surface area contributed by atoms with Crippen LogP contribution in [-0.2, 0) is 6.54 Å². The minimum Gasteiger partial charge on any atom is -0.506 e. The van der Waals surface area contributed by atoms with E-state index in [1.165, 1.54) is 0 Å². The Morgan fingerprint density at radius 1 is 1.35 bits per heavy atom. The molecule has 0 saturated carbocycles. The molecule has 17 heavy (non-hydrogen) atoms. The lowest BCUT2D eigenvalue weighted by molar-refractivity contribution is 0.444. The van der Waals surface area contributed by atoms with E-state index in [-0.39, 0.29) is 11.2 Å². The first kappa shape index (κ1) is 14.5. The van der Waals surface area contributed by atoms with Gasteiger partial charge in [0.25, 0.3) is 0 Å². The molecular formula is C12H14Br2N2O. The molecule has 0 amide bonds. The first-order valence-electron chi connectivity index (χ1n) is 5.14. The Kier molecular flexibility index (Phi) is 4.99. The second-order valence-electron chi connectivity index (χ2n) is 4.51. The van der Waals surface area contributed by atoms with Crippen LogP contribution in [0.3, 0.4) is 0 Å². The van der Waals surface area contributed by atoms with Crippen LogP contribution in [0.15, 0.2) is 21.1 Å². The van der Waals surface area contributed by atoms with E-state index in [0.717, 1.165) is 5.56 Å². The molecule has 0 atom stereocenters. The van der Waals surface area contributed by atoms with Gasteiger partial charge in [-0.15, -0.1) is 0 Å². The molecule has 92 valence electrons. The van der Waals surface area contributed by atoms with E-state index in [2.05, 4.69) is 43.2 Å². The van der Waals surface area contributed by atoms with Gasteiger partial charge in [0.1, 0.15) is 5.75 Å². The highest BCUT2D eigenvalue weighted by Gasteiger charge is 2.15. The third-order valence-corrected chi connectivity index (χ3v) is 3.48. The zero-order valence-corrected chi connectivity index (χ0v) is 12.9. The summed E-state index contributed by atoms with van der Waals surface area (Å²) in [6, 6.07) is 5.95. The van der Waals surface area contributed by atoms with Crippen molar-refractivity contribution < 1.29 is 5.11 Å². The van der Waals surface area contributed by atoms with Gasteiger partial charge in [-0.05, 0) is 63.4 Å². The molecule has 2 N–H and O–H groups in total. The molecule has 1 aromatic carbocycles. The second-order valence-corrected chi connectivity index (χ2v) is 6.22. The average molecular weight is 362 g/mol. The van der Waals surface area contributed by atoms with E-state index in [1.807, 2.05) is 26.0 Å². The summed E-state index contributed by atoms with van der Waals surface area (Å²) in [4.78, 5) is 0. The fourth-order valence-corrected chi connectivity index (χ4v) is 2.56. The molecule has 0 saturated heterocycles. The lowest BCUT2D eigenvalue weighted by atomic mass is 9.96. The van der Waals surface area contributed by atoms with Crippen molar-refractivity contribution in [2.45, 2.75) is 20.4 Å². The zero-order chi connectivity index (χ0) is 13.1. The highest BCUT2D eigenvalue weighted by atomic mass is 79.9. The van der Waals surface area contributed by atoms with Crippen LogP contribution in [0.25, 0.3) is 0 Å². The monoisotopic (exact) mass is 360 g/mol. The second kappa shape index (κ2) is 5.85. The van der Waals surface area contributed by atoms with Crippen LogP contribution >= 0.6 is 31.9 Å². The van der Waals surface area contributed by atoms with Crippen LogP contribution in [0.5, 0.6) is 5.75 Å². The van der Waals surface area contributed by atoms with Gasteiger partial charge in [0, 0.05) is 13.1 Å². The summed E-state index contributed by atoms with van der Waals surface area (Å²) in [5.41, 5.74) is 0.668. The van der Waals surface area contributed by atoms with Crippen LogP contribution in [0, 0.1) is 16.7 Å². The maximum Gasteiger partial charge on any atom is 0.143 e. The molecule has 3 nitrogen and oxygen atoms in total. The molecule has 0 fully saturated rings. The van der Waals surface area contributed by atoms with Gasteiger partial charge in [-0.2, -0.15) is 5.26 Å². The number of nitrogens with one attached hydrogen (secondary N) is 1. The van der Waals surface area contributed by atoms with Crippen molar-refractivity contribution >= 4 is 31.9 Å². The van der Waals surface area contributed by atoms with E-state index in [0.29, 0.717) is 22.0 Å². The van der Waals surface area contributed by atoms with Crippen LogP contribution < -0.4 is 5.32 Å². The molecule has 1 rings (SSSR count). The number of phenols is 1. The van der Waals surface area contributed by atoms with Gasteiger partial charge >= 0.3 is 0 Å². The Hall–Kier alpha value is -0.570. The summed E-state index contributed by atoms with van der Waals surface area (Å²) < 4.78 is 1.31. The third kappa shape index (κ3) is 4.30. The van der Waals surface area contributed by atoms with Crippen LogP contribution in [0.2, 0.25) is 0 Å². The maximum atomic E-state index is 9.57.